The molecule has 24 heavy (non-hydrogen) atoms. The second-order valence-corrected chi connectivity index (χ2v) is 11.7. The molecule has 0 spiro atoms. The number of ketones is 1. The van der Waals surface area contributed by atoms with Gasteiger partial charge in [0.2, 0.25) is 0 Å². The van der Waals surface area contributed by atoms with Gasteiger partial charge >= 0.3 is 0 Å². The summed E-state index contributed by atoms with van der Waals surface area (Å²) in [6.07, 6.45) is 7.60. The van der Waals surface area contributed by atoms with E-state index in [-0.39, 0.29) is 10.8 Å². The van der Waals surface area contributed by atoms with Gasteiger partial charge in [0, 0.05) is 24.3 Å². The Kier molecular flexibility index (Phi) is 3.31. The van der Waals surface area contributed by atoms with E-state index in [0.717, 1.165) is 17.6 Å². The predicted molar refractivity (Wildman–Crippen MR) is 101 cm³/mol. The van der Waals surface area contributed by atoms with Gasteiger partial charge < -0.3 is 0 Å². The summed E-state index contributed by atoms with van der Waals surface area (Å²) in [7, 11) is 0.405. The highest BCUT2D eigenvalue weighted by Crippen LogP contribution is 2.70. The number of carbonyl (C=O) groups excluding carboxylic acids is 1. The lowest BCUT2D eigenvalue weighted by atomic mass is 9.64. The standard InChI is InChI=1S/C22H29OS/c1-21(2)17-10-11-22(21,19(23)13-17)20-16-8-9-18(12-16)24(20)14-15-6-4-3-5-7-15/h3-7,16-18,20H,8-14H2,1-2H3/q+1/t16?,17-,18?,20?,22+,24?/m1/s1. The van der Waals surface area contributed by atoms with Gasteiger partial charge in [0.05, 0.1) is 5.41 Å². The van der Waals surface area contributed by atoms with Crippen LogP contribution in [0, 0.1) is 22.7 Å². The zero-order valence-corrected chi connectivity index (χ0v) is 15.8. The molecular weight excluding hydrogens is 312 g/mol. The van der Waals surface area contributed by atoms with Crippen LogP contribution in [-0.2, 0) is 21.4 Å². The van der Waals surface area contributed by atoms with Crippen molar-refractivity contribution in [1.29, 1.82) is 0 Å². The van der Waals surface area contributed by atoms with Gasteiger partial charge in [-0.15, -0.1) is 0 Å². The highest BCUT2D eigenvalue weighted by atomic mass is 32.2. The van der Waals surface area contributed by atoms with Gasteiger partial charge in [0.1, 0.15) is 22.0 Å². The first-order valence-electron chi connectivity index (χ1n) is 9.80. The fourth-order valence-electron chi connectivity index (χ4n) is 6.99. The Balaban J connectivity index is 1.55. The lowest BCUT2D eigenvalue weighted by Crippen LogP contribution is -2.53. The number of rotatable bonds is 3. The molecule has 1 aliphatic heterocycles. The minimum absolute atomic E-state index is 0.0232. The van der Waals surface area contributed by atoms with Gasteiger partial charge in [-0.25, -0.2) is 0 Å². The molecule has 0 aromatic heterocycles. The van der Waals surface area contributed by atoms with Crippen LogP contribution in [0.15, 0.2) is 30.3 Å². The maximum absolute atomic E-state index is 13.2. The number of carbonyl (C=O) groups is 1. The summed E-state index contributed by atoms with van der Waals surface area (Å²) in [6.45, 7) is 4.87. The molecule has 4 fully saturated rings. The quantitative estimate of drug-likeness (QED) is 0.725. The average molecular weight is 342 g/mol. The molecule has 6 atom stereocenters. The van der Waals surface area contributed by atoms with E-state index in [1.807, 2.05) is 0 Å². The molecule has 128 valence electrons. The lowest BCUT2D eigenvalue weighted by Gasteiger charge is -2.43. The van der Waals surface area contributed by atoms with Crippen molar-refractivity contribution in [3.05, 3.63) is 35.9 Å². The third-order valence-electron chi connectivity index (χ3n) is 8.26. The first-order valence-corrected chi connectivity index (χ1v) is 11.3. The molecule has 3 aliphatic carbocycles. The van der Waals surface area contributed by atoms with Crippen molar-refractivity contribution in [3.63, 3.8) is 0 Å². The van der Waals surface area contributed by atoms with Gasteiger partial charge in [-0.05, 0) is 47.9 Å². The summed E-state index contributed by atoms with van der Waals surface area (Å²) < 4.78 is 0. The van der Waals surface area contributed by atoms with Crippen LogP contribution in [0.3, 0.4) is 0 Å². The Hall–Kier alpha value is -0.760. The fourth-order valence-corrected chi connectivity index (χ4v) is 11.1. The van der Waals surface area contributed by atoms with Crippen molar-refractivity contribution in [2.45, 2.75) is 68.6 Å². The summed E-state index contributed by atoms with van der Waals surface area (Å²) in [4.78, 5) is 13.2. The molecule has 1 saturated heterocycles. The average Bonchev–Trinajstić information content (AvgIpc) is 3.27. The molecule has 0 radical (unpaired) electrons. The molecule has 5 rings (SSSR count). The zero-order chi connectivity index (χ0) is 16.5. The Morgan fingerprint density at radius 3 is 2.58 bits per heavy atom. The molecule has 0 amide bonds. The van der Waals surface area contributed by atoms with E-state index in [4.69, 9.17) is 0 Å². The van der Waals surface area contributed by atoms with Crippen LogP contribution in [-0.4, -0.2) is 16.3 Å². The van der Waals surface area contributed by atoms with E-state index in [1.165, 1.54) is 43.4 Å². The van der Waals surface area contributed by atoms with Gasteiger partial charge in [-0.2, -0.15) is 0 Å². The van der Waals surface area contributed by atoms with Gasteiger partial charge in [-0.1, -0.05) is 44.2 Å². The van der Waals surface area contributed by atoms with E-state index in [9.17, 15) is 4.79 Å². The van der Waals surface area contributed by atoms with Crippen molar-refractivity contribution in [2.75, 3.05) is 0 Å². The summed E-state index contributed by atoms with van der Waals surface area (Å²) >= 11 is 0. The SMILES string of the molecule is CC1(C)[C@@H]2CC[C@@]1(C1C3CCC(C3)[S+]1Cc1ccccc1)C(=O)C2. The summed E-state index contributed by atoms with van der Waals surface area (Å²) in [6, 6.07) is 11.1. The molecule has 3 saturated carbocycles. The molecule has 4 unspecified atom stereocenters. The third kappa shape index (κ3) is 1.81. The molecule has 0 N–H and O–H groups in total. The van der Waals surface area contributed by atoms with Crippen LogP contribution in [0.5, 0.6) is 0 Å². The van der Waals surface area contributed by atoms with E-state index in [0.29, 0.717) is 27.8 Å². The Morgan fingerprint density at radius 1 is 1.12 bits per heavy atom. The van der Waals surface area contributed by atoms with E-state index in [2.05, 4.69) is 44.2 Å². The topological polar surface area (TPSA) is 17.1 Å². The van der Waals surface area contributed by atoms with Gasteiger partial charge in [0.25, 0.3) is 0 Å². The second-order valence-electron chi connectivity index (χ2n) is 9.27. The van der Waals surface area contributed by atoms with Crippen LogP contribution in [0.25, 0.3) is 0 Å². The van der Waals surface area contributed by atoms with Gasteiger partial charge in [0.15, 0.2) is 0 Å². The minimum Gasteiger partial charge on any atom is -0.299 e. The summed E-state index contributed by atoms with van der Waals surface area (Å²) in [5.41, 5.74) is 1.75. The van der Waals surface area contributed by atoms with Crippen LogP contribution < -0.4 is 0 Å². The maximum Gasteiger partial charge on any atom is 0.144 e. The third-order valence-corrected chi connectivity index (χ3v) is 11.6. The summed E-state index contributed by atoms with van der Waals surface area (Å²) in [5.74, 6) is 3.36. The molecule has 1 aromatic carbocycles. The van der Waals surface area contributed by atoms with E-state index < -0.39 is 0 Å². The number of hydrogen-bond donors (Lipinski definition) is 0. The maximum atomic E-state index is 13.2. The molecule has 4 aliphatic rings. The van der Waals surface area contributed by atoms with Gasteiger partial charge in [-0.3, -0.25) is 4.79 Å². The summed E-state index contributed by atoms with van der Waals surface area (Å²) in [5, 5.41) is 1.59. The number of hydrogen-bond acceptors (Lipinski definition) is 1. The van der Waals surface area contributed by atoms with Crippen LogP contribution in [0.4, 0.5) is 0 Å². The Bertz CT molecular complexity index is 666. The lowest BCUT2D eigenvalue weighted by molar-refractivity contribution is -0.130. The highest BCUT2D eigenvalue weighted by molar-refractivity contribution is 7.97. The fraction of sp³-hybridized carbons (Fsp3) is 0.682. The van der Waals surface area contributed by atoms with E-state index in [1.54, 1.807) is 0 Å². The van der Waals surface area contributed by atoms with Crippen LogP contribution in [0.1, 0.15) is 57.9 Å². The largest absolute Gasteiger partial charge is 0.299 e. The van der Waals surface area contributed by atoms with Crippen molar-refractivity contribution in [1.82, 2.24) is 0 Å². The number of Topliss-reactive ketones (excluding diaryl/α,β-unsaturated/α-hetero) is 1. The molecule has 2 heteroatoms. The van der Waals surface area contributed by atoms with E-state index >= 15 is 0 Å². The molecular formula is C22H29OS+. The zero-order valence-electron chi connectivity index (χ0n) is 15.0. The Morgan fingerprint density at radius 2 is 1.92 bits per heavy atom. The molecule has 1 heterocycles. The Labute approximate surface area is 148 Å². The molecule has 1 nitrogen and oxygen atoms in total. The first-order chi connectivity index (χ1) is 11.5. The van der Waals surface area contributed by atoms with Crippen LogP contribution in [0.2, 0.25) is 0 Å². The molecule has 1 aromatic rings. The normalized spacial score (nSPS) is 45.2. The van der Waals surface area contributed by atoms with Crippen molar-refractivity contribution >= 4 is 16.7 Å². The first kappa shape index (κ1) is 15.5. The monoisotopic (exact) mass is 341 g/mol. The smallest absolute Gasteiger partial charge is 0.144 e. The van der Waals surface area contributed by atoms with Crippen LogP contribution >= 0.6 is 0 Å². The van der Waals surface area contributed by atoms with Crippen molar-refractivity contribution < 1.29 is 4.79 Å². The number of fused-ring (bicyclic) bond motifs is 4. The molecule has 4 bridgehead atoms. The minimum atomic E-state index is 0.0232. The number of benzene rings is 1. The predicted octanol–water partition coefficient (Wildman–Crippen LogP) is 4.75. The van der Waals surface area contributed by atoms with Crippen molar-refractivity contribution in [3.8, 4) is 0 Å². The second kappa shape index (κ2) is 5.13. The highest BCUT2D eigenvalue weighted by Gasteiger charge is 2.75. The van der Waals surface area contributed by atoms with Crippen molar-refractivity contribution in [2.24, 2.45) is 22.7 Å².